The lowest BCUT2D eigenvalue weighted by molar-refractivity contribution is 0.142. The molecule has 0 radical (unpaired) electrons. The minimum Gasteiger partial charge on any atom is -0.322 e. The molecule has 3 rings (SSSR count). The van der Waals surface area contributed by atoms with Gasteiger partial charge >= 0.3 is 6.03 Å². The summed E-state index contributed by atoms with van der Waals surface area (Å²) in [6, 6.07) is 14.3. The summed E-state index contributed by atoms with van der Waals surface area (Å²) in [5.41, 5.74) is 1.47. The molecule has 0 unspecified atom stereocenters. The predicted octanol–water partition coefficient (Wildman–Crippen LogP) is 3.94. The van der Waals surface area contributed by atoms with Crippen LogP contribution in [0, 0.1) is 5.82 Å². The number of urea groups is 1. The molecule has 0 spiro atoms. The number of carbonyl (C=O) groups is 1. The predicted molar refractivity (Wildman–Crippen MR) is 96.4 cm³/mol. The van der Waals surface area contributed by atoms with E-state index in [4.69, 9.17) is 0 Å². The Morgan fingerprint density at radius 2 is 1.83 bits per heavy atom. The largest absolute Gasteiger partial charge is 0.322 e. The Balaban J connectivity index is 1.51. The van der Waals surface area contributed by atoms with Crippen LogP contribution in [0.1, 0.15) is 5.56 Å². The van der Waals surface area contributed by atoms with Crippen molar-refractivity contribution in [1.29, 1.82) is 0 Å². The first kappa shape index (κ1) is 16.9. The van der Waals surface area contributed by atoms with Crippen molar-refractivity contribution in [1.82, 2.24) is 9.80 Å². The van der Waals surface area contributed by atoms with Gasteiger partial charge in [-0.15, -0.1) is 0 Å². The van der Waals surface area contributed by atoms with Crippen molar-refractivity contribution < 1.29 is 9.18 Å². The van der Waals surface area contributed by atoms with Gasteiger partial charge in [-0.05, 0) is 24.3 Å². The van der Waals surface area contributed by atoms with Gasteiger partial charge in [-0.2, -0.15) is 0 Å². The highest BCUT2D eigenvalue weighted by Gasteiger charge is 2.21. The molecular weight excluding hydrogens is 373 g/mol. The Hall–Kier alpha value is -1.92. The van der Waals surface area contributed by atoms with E-state index in [1.807, 2.05) is 36.4 Å². The number of carbonyl (C=O) groups excluding carboxylic acids is 1. The Morgan fingerprint density at radius 3 is 2.54 bits per heavy atom. The minimum atomic E-state index is -0.174. The van der Waals surface area contributed by atoms with Gasteiger partial charge < -0.3 is 10.2 Å². The van der Waals surface area contributed by atoms with Crippen LogP contribution in [0.4, 0.5) is 14.9 Å². The molecule has 4 nitrogen and oxygen atoms in total. The number of benzene rings is 2. The van der Waals surface area contributed by atoms with Gasteiger partial charge in [0.15, 0.2) is 0 Å². The summed E-state index contributed by atoms with van der Waals surface area (Å²) in [6.45, 7) is 3.32. The maximum atomic E-state index is 13.7. The fourth-order valence-corrected chi connectivity index (χ4v) is 3.14. The van der Waals surface area contributed by atoms with Crippen LogP contribution >= 0.6 is 15.9 Å². The van der Waals surface area contributed by atoms with Crippen LogP contribution in [0.5, 0.6) is 0 Å². The van der Waals surface area contributed by atoms with Crippen molar-refractivity contribution in [2.45, 2.75) is 6.54 Å². The molecule has 1 saturated heterocycles. The van der Waals surface area contributed by atoms with Gasteiger partial charge in [-0.1, -0.05) is 40.2 Å². The number of hydrogen-bond acceptors (Lipinski definition) is 2. The summed E-state index contributed by atoms with van der Waals surface area (Å²) < 4.78 is 14.6. The summed E-state index contributed by atoms with van der Waals surface area (Å²) in [6.07, 6.45) is 0. The number of piperazine rings is 1. The van der Waals surface area contributed by atoms with E-state index in [1.54, 1.807) is 11.0 Å². The SMILES string of the molecule is O=C(Nc1cccc(Br)c1)N1CCN(Cc2ccccc2F)CC1. The average molecular weight is 392 g/mol. The van der Waals surface area contributed by atoms with E-state index >= 15 is 0 Å². The van der Waals surface area contributed by atoms with Gasteiger partial charge in [0, 0.05) is 48.4 Å². The lowest BCUT2D eigenvalue weighted by Gasteiger charge is -2.34. The molecule has 1 N–H and O–H groups in total. The summed E-state index contributed by atoms with van der Waals surface area (Å²) in [4.78, 5) is 16.3. The number of nitrogens with zero attached hydrogens (tertiary/aromatic N) is 2. The van der Waals surface area contributed by atoms with Gasteiger partial charge in [-0.3, -0.25) is 4.90 Å². The zero-order chi connectivity index (χ0) is 16.9. The second kappa shape index (κ2) is 7.77. The highest BCUT2D eigenvalue weighted by molar-refractivity contribution is 9.10. The summed E-state index contributed by atoms with van der Waals surface area (Å²) in [5.74, 6) is -0.174. The van der Waals surface area contributed by atoms with Crippen molar-refractivity contribution in [3.63, 3.8) is 0 Å². The molecule has 126 valence electrons. The van der Waals surface area contributed by atoms with Gasteiger partial charge in [0.2, 0.25) is 0 Å². The first-order chi connectivity index (χ1) is 11.6. The standard InChI is InChI=1S/C18H19BrFN3O/c19-15-5-3-6-16(12-15)21-18(24)23-10-8-22(9-11-23)13-14-4-1-2-7-17(14)20/h1-7,12H,8-11,13H2,(H,21,24). The van der Waals surface area contributed by atoms with Crippen molar-refractivity contribution in [2.75, 3.05) is 31.5 Å². The number of anilines is 1. The van der Waals surface area contributed by atoms with Crippen LogP contribution in [-0.4, -0.2) is 42.0 Å². The lowest BCUT2D eigenvalue weighted by Crippen LogP contribution is -2.49. The molecule has 24 heavy (non-hydrogen) atoms. The monoisotopic (exact) mass is 391 g/mol. The molecule has 2 aromatic rings. The average Bonchev–Trinajstić information content (AvgIpc) is 2.57. The van der Waals surface area contributed by atoms with Crippen molar-refractivity contribution in [3.05, 3.63) is 64.4 Å². The second-order valence-corrected chi connectivity index (χ2v) is 6.71. The molecule has 2 aromatic carbocycles. The van der Waals surface area contributed by atoms with Gasteiger partial charge in [0.25, 0.3) is 0 Å². The van der Waals surface area contributed by atoms with Crippen molar-refractivity contribution in [3.8, 4) is 0 Å². The lowest BCUT2D eigenvalue weighted by atomic mass is 10.2. The maximum absolute atomic E-state index is 13.7. The Morgan fingerprint density at radius 1 is 1.08 bits per heavy atom. The van der Waals surface area contributed by atoms with Crippen molar-refractivity contribution >= 4 is 27.6 Å². The molecule has 1 aliphatic heterocycles. The van der Waals surface area contributed by atoms with Crippen LogP contribution in [0.3, 0.4) is 0 Å². The van der Waals surface area contributed by atoms with E-state index in [0.717, 1.165) is 23.2 Å². The number of nitrogens with one attached hydrogen (secondary N) is 1. The zero-order valence-corrected chi connectivity index (χ0v) is 14.8. The Kier molecular flexibility index (Phi) is 5.48. The van der Waals surface area contributed by atoms with Crippen LogP contribution in [-0.2, 0) is 6.54 Å². The number of halogens is 2. The van der Waals surface area contributed by atoms with Crippen LogP contribution in [0.2, 0.25) is 0 Å². The third kappa shape index (κ3) is 4.33. The summed E-state index contributed by atoms with van der Waals surface area (Å²) >= 11 is 3.39. The molecule has 1 fully saturated rings. The third-order valence-corrected chi connectivity index (χ3v) is 4.58. The van der Waals surface area contributed by atoms with E-state index in [0.29, 0.717) is 25.2 Å². The molecule has 1 aliphatic rings. The van der Waals surface area contributed by atoms with Crippen LogP contribution in [0.25, 0.3) is 0 Å². The number of hydrogen-bond donors (Lipinski definition) is 1. The highest BCUT2D eigenvalue weighted by atomic mass is 79.9. The van der Waals surface area contributed by atoms with Crippen molar-refractivity contribution in [2.24, 2.45) is 0 Å². The minimum absolute atomic E-state index is 0.0985. The molecule has 6 heteroatoms. The molecule has 1 heterocycles. The number of rotatable bonds is 3. The Labute approximate surface area is 149 Å². The van der Waals surface area contributed by atoms with E-state index < -0.39 is 0 Å². The number of amides is 2. The van der Waals surface area contributed by atoms with E-state index in [9.17, 15) is 9.18 Å². The van der Waals surface area contributed by atoms with Gasteiger partial charge in [-0.25, -0.2) is 9.18 Å². The first-order valence-electron chi connectivity index (χ1n) is 7.89. The van der Waals surface area contributed by atoms with Crippen LogP contribution < -0.4 is 5.32 Å². The first-order valence-corrected chi connectivity index (χ1v) is 8.68. The van der Waals surface area contributed by atoms with Gasteiger partial charge in [0.05, 0.1) is 0 Å². The van der Waals surface area contributed by atoms with Crippen LogP contribution in [0.15, 0.2) is 53.0 Å². The van der Waals surface area contributed by atoms with E-state index in [-0.39, 0.29) is 11.8 Å². The summed E-state index contributed by atoms with van der Waals surface area (Å²) in [7, 11) is 0. The molecule has 2 amide bonds. The highest BCUT2D eigenvalue weighted by Crippen LogP contribution is 2.17. The third-order valence-electron chi connectivity index (χ3n) is 4.09. The molecule has 0 bridgehead atoms. The molecule has 0 aromatic heterocycles. The smallest absolute Gasteiger partial charge is 0.321 e. The quantitative estimate of drug-likeness (QED) is 0.859. The Bertz CT molecular complexity index is 717. The molecular formula is C18H19BrFN3O. The second-order valence-electron chi connectivity index (χ2n) is 5.80. The maximum Gasteiger partial charge on any atom is 0.321 e. The van der Waals surface area contributed by atoms with Gasteiger partial charge in [0.1, 0.15) is 5.82 Å². The summed E-state index contributed by atoms with van der Waals surface area (Å²) in [5, 5.41) is 2.90. The fourth-order valence-electron chi connectivity index (χ4n) is 2.75. The van der Waals surface area contributed by atoms with E-state index in [2.05, 4.69) is 26.1 Å². The normalized spacial score (nSPS) is 15.3. The van der Waals surface area contributed by atoms with E-state index in [1.165, 1.54) is 6.07 Å². The molecule has 0 saturated carbocycles. The fraction of sp³-hybridized carbons (Fsp3) is 0.278. The molecule has 0 atom stereocenters. The zero-order valence-electron chi connectivity index (χ0n) is 13.2. The molecule has 0 aliphatic carbocycles. The topological polar surface area (TPSA) is 35.6 Å².